The number of halogens is 1. The zero-order valence-electron chi connectivity index (χ0n) is 16.3. The number of amides is 1. The van der Waals surface area contributed by atoms with Gasteiger partial charge < -0.3 is 10.5 Å². The van der Waals surface area contributed by atoms with Gasteiger partial charge in [-0.15, -0.1) is 0 Å². The van der Waals surface area contributed by atoms with Crippen LogP contribution in [0, 0.1) is 10.7 Å². The van der Waals surface area contributed by atoms with Crippen LogP contribution in [0.25, 0.3) is 11.4 Å². The molecule has 2 aliphatic rings. The van der Waals surface area contributed by atoms with Crippen LogP contribution in [0.5, 0.6) is 0 Å². The van der Waals surface area contributed by atoms with E-state index in [1.165, 1.54) is 0 Å². The Morgan fingerprint density at radius 1 is 1.24 bits per heavy atom. The van der Waals surface area contributed by atoms with Crippen molar-refractivity contribution in [3.05, 3.63) is 34.1 Å². The molecule has 2 N–H and O–H groups in total. The molecular formula is C20H26ClN5O2S. The largest absolute Gasteiger partial charge is 0.376 e. The van der Waals surface area contributed by atoms with Gasteiger partial charge >= 0.3 is 0 Å². The summed E-state index contributed by atoms with van der Waals surface area (Å²) in [6.07, 6.45) is 3.84. The Morgan fingerprint density at radius 3 is 2.59 bits per heavy atom. The van der Waals surface area contributed by atoms with E-state index >= 15 is 0 Å². The molecule has 0 saturated carbocycles. The summed E-state index contributed by atoms with van der Waals surface area (Å²) < 4.78 is 10.5. The molecule has 2 aliphatic heterocycles. The fraction of sp³-hybridized carbons (Fsp3) is 0.550. The Kier molecular flexibility index (Phi) is 6.34. The number of hydrogen-bond donors (Lipinski definition) is 1. The number of likely N-dealkylation sites (tertiary alicyclic amines) is 1. The van der Waals surface area contributed by atoms with Gasteiger partial charge in [0.1, 0.15) is 0 Å². The van der Waals surface area contributed by atoms with E-state index < -0.39 is 0 Å². The smallest absolute Gasteiger partial charge is 0.220 e. The Labute approximate surface area is 180 Å². The number of benzene rings is 1. The average molecular weight is 436 g/mol. The fourth-order valence-corrected chi connectivity index (χ4v) is 4.44. The Bertz CT molecular complexity index is 912. The summed E-state index contributed by atoms with van der Waals surface area (Å²) in [4.78, 5) is 13.7. The summed E-state index contributed by atoms with van der Waals surface area (Å²) in [6.45, 7) is 3.72. The molecule has 1 atom stereocenters. The third-order valence-corrected chi connectivity index (χ3v) is 6.44. The van der Waals surface area contributed by atoms with Crippen LogP contribution in [0.2, 0.25) is 5.02 Å². The molecule has 0 radical (unpaired) electrons. The van der Waals surface area contributed by atoms with Crippen molar-refractivity contribution in [2.75, 3.05) is 19.7 Å². The zero-order valence-corrected chi connectivity index (χ0v) is 17.9. The maximum Gasteiger partial charge on any atom is 0.220 e. The van der Waals surface area contributed by atoms with Crippen molar-refractivity contribution in [2.45, 2.75) is 45.0 Å². The van der Waals surface area contributed by atoms with Crippen LogP contribution in [0.4, 0.5) is 0 Å². The molecular weight excluding hydrogens is 410 g/mol. The molecule has 29 heavy (non-hydrogen) atoms. The van der Waals surface area contributed by atoms with Gasteiger partial charge in [-0.05, 0) is 62.2 Å². The number of primary amides is 1. The molecule has 0 bridgehead atoms. The van der Waals surface area contributed by atoms with Gasteiger partial charge in [-0.25, -0.2) is 4.68 Å². The van der Waals surface area contributed by atoms with Crippen LogP contribution in [0.1, 0.15) is 25.7 Å². The number of hydrogen-bond acceptors (Lipinski definition) is 5. The van der Waals surface area contributed by atoms with Crippen molar-refractivity contribution >= 4 is 29.7 Å². The molecule has 0 spiro atoms. The van der Waals surface area contributed by atoms with Gasteiger partial charge in [0.25, 0.3) is 0 Å². The van der Waals surface area contributed by atoms with E-state index in [0.717, 1.165) is 56.8 Å². The number of aromatic nitrogens is 3. The minimum atomic E-state index is -0.202. The van der Waals surface area contributed by atoms with Gasteiger partial charge in [0.2, 0.25) is 5.91 Å². The first-order valence-corrected chi connectivity index (χ1v) is 10.9. The van der Waals surface area contributed by atoms with Crippen LogP contribution in [-0.4, -0.2) is 51.0 Å². The fourth-order valence-electron chi connectivity index (χ4n) is 4.05. The lowest BCUT2D eigenvalue weighted by Crippen LogP contribution is -2.39. The summed E-state index contributed by atoms with van der Waals surface area (Å²) in [7, 11) is 0. The average Bonchev–Trinajstić information content (AvgIpc) is 3.33. The Morgan fingerprint density at radius 2 is 1.97 bits per heavy atom. The normalized spacial score (nSPS) is 20.9. The summed E-state index contributed by atoms with van der Waals surface area (Å²) in [5.41, 5.74) is 6.43. The lowest BCUT2D eigenvalue weighted by molar-refractivity contribution is -0.123. The van der Waals surface area contributed by atoms with Gasteiger partial charge in [0.15, 0.2) is 10.6 Å². The third kappa shape index (κ3) is 4.71. The van der Waals surface area contributed by atoms with E-state index in [1.54, 1.807) is 0 Å². The second kappa shape index (κ2) is 8.95. The van der Waals surface area contributed by atoms with Gasteiger partial charge in [-0.3, -0.25) is 14.3 Å². The van der Waals surface area contributed by atoms with E-state index in [4.69, 9.17) is 39.4 Å². The van der Waals surface area contributed by atoms with Gasteiger partial charge in [-0.2, -0.15) is 5.10 Å². The SMILES string of the molecule is NC(=O)C1CCN(Cn2nc(-c3ccc(Cl)cc3)n(C[C@H]3CCCO3)c2=S)CC1. The quantitative estimate of drug-likeness (QED) is 0.705. The number of rotatable bonds is 6. The van der Waals surface area contributed by atoms with E-state index in [2.05, 4.69) is 9.47 Å². The molecule has 2 saturated heterocycles. The van der Waals surface area contributed by atoms with Crippen molar-refractivity contribution in [2.24, 2.45) is 11.7 Å². The highest BCUT2D eigenvalue weighted by Gasteiger charge is 2.25. The standard InChI is InChI=1S/C20H26ClN5O2S/c21-16-5-3-15(4-6-16)19-23-26(13-24-9-7-14(8-10-24)18(22)27)20(29)25(19)12-17-2-1-11-28-17/h3-6,14,17H,1-2,7-13H2,(H2,22,27)/t17-/m1/s1. The first-order chi connectivity index (χ1) is 14.0. The molecule has 1 aromatic carbocycles. The number of ether oxygens (including phenoxy) is 1. The van der Waals surface area contributed by atoms with Crippen LogP contribution in [0.15, 0.2) is 24.3 Å². The molecule has 3 heterocycles. The number of nitrogens with two attached hydrogens (primary N) is 1. The molecule has 2 fully saturated rings. The monoisotopic (exact) mass is 435 g/mol. The maximum absolute atomic E-state index is 11.4. The lowest BCUT2D eigenvalue weighted by Gasteiger charge is -2.30. The van der Waals surface area contributed by atoms with E-state index in [1.807, 2.05) is 28.9 Å². The molecule has 0 aliphatic carbocycles. The summed E-state index contributed by atoms with van der Waals surface area (Å²) in [5, 5.41) is 5.53. The van der Waals surface area contributed by atoms with Crippen LogP contribution in [0.3, 0.4) is 0 Å². The molecule has 1 aromatic heterocycles. The molecule has 156 valence electrons. The van der Waals surface area contributed by atoms with Gasteiger partial charge in [-0.1, -0.05) is 11.6 Å². The van der Waals surface area contributed by atoms with E-state index in [-0.39, 0.29) is 17.9 Å². The van der Waals surface area contributed by atoms with Gasteiger partial charge in [0, 0.05) is 36.2 Å². The van der Waals surface area contributed by atoms with Crippen LogP contribution >= 0.6 is 23.8 Å². The first kappa shape index (κ1) is 20.5. The minimum Gasteiger partial charge on any atom is -0.376 e. The molecule has 9 heteroatoms. The summed E-state index contributed by atoms with van der Waals surface area (Å²) >= 11 is 11.9. The van der Waals surface area contributed by atoms with Crippen molar-refractivity contribution in [1.82, 2.24) is 19.2 Å². The maximum atomic E-state index is 11.4. The summed E-state index contributed by atoms with van der Waals surface area (Å²) in [5.74, 6) is 0.599. The predicted octanol–water partition coefficient (Wildman–Crippen LogP) is 3.07. The minimum absolute atomic E-state index is 0.0269. The van der Waals surface area contributed by atoms with Crippen molar-refractivity contribution in [1.29, 1.82) is 0 Å². The second-order valence-electron chi connectivity index (χ2n) is 7.79. The number of carbonyl (C=O) groups excluding carboxylic acids is 1. The van der Waals surface area contributed by atoms with E-state index in [0.29, 0.717) is 23.0 Å². The topological polar surface area (TPSA) is 78.3 Å². The number of carbonyl (C=O) groups is 1. The number of piperidine rings is 1. The molecule has 7 nitrogen and oxygen atoms in total. The summed E-state index contributed by atoms with van der Waals surface area (Å²) in [6, 6.07) is 7.66. The van der Waals surface area contributed by atoms with E-state index in [9.17, 15) is 4.79 Å². The lowest BCUT2D eigenvalue weighted by atomic mass is 9.97. The molecule has 4 rings (SSSR count). The van der Waals surface area contributed by atoms with Crippen LogP contribution in [-0.2, 0) is 22.7 Å². The second-order valence-corrected chi connectivity index (χ2v) is 8.60. The van der Waals surface area contributed by atoms with Gasteiger partial charge in [0.05, 0.1) is 19.3 Å². The van der Waals surface area contributed by atoms with Crippen LogP contribution < -0.4 is 5.73 Å². The van der Waals surface area contributed by atoms with Crippen molar-refractivity contribution < 1.29 is 9.53 Å². The van der Waals surface area contributed by atoms with Crippen molar-refractivity contribution in [3.8, 4) is 11.4 Å². The molecule has 0 unspecified atom stereocenters. The highest BCUT2D eigenvalue weighted by atomic mass is 35.5. The first-order valence-electron chi connectivity index (χ1n) is 10.1. The molecule has 1 amide bonds. The third-order valence-electron chi connectivity index (χ3n) is 5.76. The highest BCUT2D eigenvalue weighted by molar-refractivity contribution is 7.71. The number of nitrogens with zero attached hydrogens (tertiary/aromatic N) is 4. The van der Waals surface area contributed by atoms with Crippen molar-refractivity contribution in [3.63, 3.8) is 0 Å². The Balaban J connectivity index is 1.58. The predicted molar refractivity (Wildman–Crippen MR) is 114 cm³/mol. The Hall–Kier alpha value is -1.74. The highest BCUT2D eigenvalue weighted by Crippen LogP contribution is 2.24. The zero-order chi connectivity index (χ0) is 20.4. The molecule has 2 aromatic rings.